The lowest BCUT2D eigenvalue weighted by Gasteiger charge is -2.38. The minimum atomic E-state index is -4.71. The lowest BCUT2D eigenvalue weighted by molar-refractivity contribution is -0.200. The van der Waals surface area contributed by atoms with Gasteiger partial charge in [-0.1, -0.05) is 11.6 Å². The van der Waals surface area contributed by atoms with Crippen LogP contribution in [0.4, 0.5) is 18.9 Å². The SMILES string of the molecule is C[C@@H]1COc2c(ccc3[nH]c(=O)cc(Cl)c23)N1CC(O)C(F)(F)F. The van der Waals surface area contributed by atoms with E-state index in [0.29, 0.717) is 22.3 Å². The van der Waals surface area contributed by atoms with Crippen molar-refractivity contribution < 1.29 is 23.0 Å². The van der Waals surface area contributed by atoms with E-state index in [4.69, 9.17) is 16.3 Å². The Bertz CT molecular complexity index is 837. The highest BCUT2D eigenvalue weighted by molar-refractivity contribution is 6.36. The number of nitrogens with one attached hydrogen (secondary N) is 1. The molecular formula is C15H14ClF3N2O3. The number of rotatable bonds is 2. The van der Waals surface area contributed by atoms with Gasteiger partial charge in [-0.25, -0.2) is 0 Å². The molecule has 0 aliphatic carbocycles. The molecule has 2 N–H and O–H groups in total. The maximum atomic E-state index is 12.7. The Balaban J connectivity index is 2.11. The van der Waals surface area contributed by atoms with E-state index in [1.54, 1.807) is 19.1 Å². The smallest absolute Gasteiger partial charge is 0.416 e. The molecule has 0 amide bonds. The van der Waals surface area contributed by atoms with Gasteiger partial charge in [-0.05, 0) is 19.1 Å². The van der Waals surface area contributed by atoms with Gasteiger partial charge in [0.15, 0.2) is 11.9 Å². The second-order valence-corrected chi connectivity index (χ2v) is 6.09. The summed E-state index contributed by atoms with van der Waals surface area (Å²) in [6.45, 7) is 1.21. The van der Waals surface area contributed by atoms with Crippen molar-refractivity contribution in [3.05, 3.63) is 33.6 Å². The van der Waals surface area contributed by atoms with Crippen LogP contribution in [-0.4, -0.2) is 41.6 Å². The highest BCUT2D eigenvalue weighted by Gasteiger charge is 2.41. The van der Waals surface area contributed by atoms with Crippen LogP contribution in [0.5, 0.6) is 5.75 Å². The molecule has 130 valence electrons. The molecule has 2 aromatic rings. The van der Waals surface area contributed by atoms with Crippen LogP contribution in [0.3, 0.4) is 0 Å². The van der Waals surface area contributed by atoms with Gasteiger partial charge in [0, 0.05) is 6.07 Å². The third kappa shape index (κ3) is 2.91. The minimum Gasteiger partial charge on any atom is -0.489 e. The summed E-state index contributed by atoms with van der Waals surface area (Å²) in [6, 6.07) is 3.91. The number of fused-ring (bicyclic) bond motifs is 3. The molecule has 1 aliphatic heterocycles. The van der Waals surface area contributed by atoms with E-state index in [1.165, 1.54) is 11.0 Å². The number of aromatic amines is 1. The molecule has 3 rings (SSSR count). The predicted molar refractivity (Wildman–Crippen MR) is 83.9 cm³/mol. The predicted octanol–water partition coefficient (Wildman–Crippen LogP) is 2.69. The molecule has 1 aromatic carbocycles. The number of ether oxygens (including phenoxy) is 1. The van der Waals surface area contributed by atoms with Crippen LogP contribution in [-0.2, 0) is 0 Å². The summed E-state index contributed by atoms with van der Waals surface area (Å²) in [5, 5.41) is 9.98. The molecule has 2 heterocycles. The number of nitrogens with zero attached hydrogens (tertiary/aromatic N) is 1. The Kier molecular flexibility index (Phi) is 4.13. The number of H-pyrrole nitrogens is 1. The maximum absolute atomic E-state index is 12.7. The van der Waals surface area contributed by atoms with Crippen LogP contribution in [0.15, 0.2) is 23.0 Å². The second kappa shape index (κ2) is 5.86. The number of hydrogen-bond donors (Lipinski definition) is 2. The second-order valence-electron chi connectivity index (χ2n) is 5.69. The quantitative estimate of drug-likeness (QED) is 0.862. The van der Waals surface area contributed by atoms with Gasteiger partial charge in [0.2, 0.25) is 5.56 Å². The number of hydrogen-bond acceptors (Lipinski definition) is 4. The van der Waals surface area contributed by atoms with Crippen molar-refractivity contribution in [3.63, 3.8) is 0 Å². The Morgan fingerprint density at radius 2 is 2.21 bits per heavy atom. The molecule has 0 fully saturated rings. The van der Waals surface area contributed by atoms with E-state index in [9.17, 15) is 23.1 Å². The van der Waals surface area contributed by atoms with Crippen LogP contribution in [0, 0.1) is 0 Å². The number of halogens is 4. The molecule has 5 nitrogen and oxygen atoms in total. The lowest BCUT2D eigenvalue weighted by Crippen LogP contribution is -2.48. The van der Waals surface area contributed by atoms with Crippen molar-refractivity contribution in [1.82, 2.24) is 4.98 Å². The van der Waals surface area contributed by atoms with Gasteiger partial charge in [0.1, 0.15) is 6.61 Å². The van der Waals surface area contributed by atoms with Crippen LogP contribution < -0.4 is 15.2 Å². The molecule has 0 saturated heterocycles. The molecule has 2 atom stereocenters. The van der Waals surface area contributed by atoms with Crippen molar-refractivity contribution in [3.8, 4) is 5.75 Å². The normalized spacial score (nSPS) is 19.1. The highest BCUT2D eigenvalue weighted by atomic mass is 35.5. The van der Waals surface area contributed by atoms with Crippen molar-refractivity contribution >= 4 is 28.2 Å². The fourth-order valence-electron chi connectivity index (χ4n) is 2.74. The molecule has 0 spiro atoms. The molecule has 24 heavy (non-hydrogen) atoms. The monoisotopic (exact) mass is 362 g/mol. The fourth-order valence-corrected chi connectivity index (χ4v) is 3.03. The Labute approximate surface area is 139 Å². The van der Waals surface area contributed by atoms with Gasteiger partial charge in [-0.15, -0.1) is 0 Å². The Morgan fingerprint density at radius 1 is 1.50 bits per heavy atom. The number of aliphatic hydroxyl groups is 1. The van der Waals surface area contributed by atoms with Gasteiger partial charge in [-0.2, -0.15) is 13.2 Å². The number of alkyl halides is 3. The van der Waals surface area contributed by atoms with Crippen LogP contribution in [0.1, 0.15) is 6.92 Å². The molecule has 0 bridgehead atoms. The lowest BCUT2D eigenvalue weighted by atomic mass is 10.1. The number of pyridine rings is 1. The highest BCUT2D eigenvalue weighted by Crippen LogP contribution is 2.42. The summed E-state index contributed by atoms with van der Waals surface area (Å²) in [7, 11) is 0. The first-order valence-corrected chi connectivity index (χ1v) is 7.56. The topological polar surface area (TPSA) is 65.6 Å². The summed E-state index contributed by atoms with van der Waals surface area (Å²) in [6.07, 6.45) is -7.19. The Morgan fingerprint density at radius 3 is 2.88 bits per heavy atom. The van der Waals surface area contributed by atoms with Crippen molar-refractivity contribution in [1.29, 1.82) is 0 Å². The third-order valence-corrected chi connectivity index (χ3v) is 4.25. The van der Waals surface area contributed by atoms with Gasteiger partial charge in [0.05, 0.1) is 34.2 Å². The van der Waals surface area contributed by atoms with Crippen molar-refractivity contribution in [2.75, 3.05) is 18.1 Å². The zero-order chi connectivity index (χ0) is 17.6. The number of β-amino-alcohol motifs (C(OH)–C–C–N with tert-alkyl or cyclic N) is 1. The molecule has 1 unspecified atom stereocenters. The van der Waals surface area contributed by atoms with E-state index in [0.717, 1.165) is 0 Å². The van der Waals surface area contributed by atoms with E-state index in [2.05, 4.69) is 4.98 Å². The first-order valence-electron chi connectivity index (χ1n) is 7.18. The summed E-state index contributed by atoms with van der Waals surface area (Å²) < 4.78 is 43.8. The number of anilines is 1. The maximum Gasteiger partial charge on any atom is 0.416 e. The average Bonchev–Trinajstić information content (AvgIpc) is 2.47. The van der Waals surface area contributed by atoms with Gasteiger partial charge >= 0.3 is 6.18 Å². The first-order chi connectivity index (χ1) is 11.2. The average molecular weight is 363 g/mol. The van der Waals surface area contributed by atoms with E-state index in [1.807, 2.05) is 0 Å². The van der Waals surface area contributed by atoms with E-state index >= 15 is 0 Å². The van der Waals surface area contributed by atoms with E-state index < -0.39 is 18.8 Å². The van der Waals surface area contributed by atoms with E-state index in [-0.39, 0.29) is 23.2 Å². The van der Waals surface area contributed by atoms with Crippen LogP contribution >= 0.6 is 11.6 Å². The summed E-state index contributed by atoms with van der Waals surface area (Å²) >= 11 is 6.11. The fraction of sp³-hybridized carbons (Fsp3) is 0.400. The van der Waals surface area contributed by atoms with Gasteiger partial charge in [0.25, 0.3) is 0 Å². The minimum absolute atomic E-state index is 0.131. The molecule has 0 saturated carbocycles. The van der Waals surface area contributed by atoms with Gasteiger partial charge in [-0.3, -0.25) is 4.79 Å². The first kappa shape index (κ1) is 16.9. The molecule has 1 aliphatic rings. The molecule has 1 aromatic heterocycles. The number of aromatic nitrogens is 1. The van der Waals surface area contributed by atoms with Crippen molar-refractivity contribution in [2.24, 2.45) is 0 Å². The molecule has 0 radical (unpaired) electrons. The zero-order valence-electron chi connectivity index (χ0n) is 12.5. The third-order valence-electron chi connectivity index (χ3n) is 3.95. The number of benzene rings is 1. The van der Waals surface area contributed by atoms with Crippen molar-refractivity contribution in [2.45, 2.75) is 25.2 Å². The summed E-state index contributed by atoms with van der Waals surface area (Å²) in [4.78, 5) is 15.5. The Hall–Kier alpha value is -1.93. The van der Waals surface area contributed by atoms with Crippen LogP contribution in [0.25, 0.3) is 10.9 Å². The summed E-state index contributed by atoms with van der Waals surface area (Å²) in [5.41, 5.74) is 0.427. The standard InChI is InChI=1S/C15H14ClF3N2O3/c1-7-6-24-14-10(21(7)5-11(22)15(17,18)19)3-2-9-13(14)8(16)4-12(23)20-9/h2-4,7,11,22H,5-6H2,1H3,(H,20,23)/t7-,11?/m1/s1. The largest absolute Gasteiger partial charge is 0.489 e. The molecular weight excluding hydrogens is 349 g/mol. The summed E-state index contributed by atoms with van der Waals surface area (Å²) in [5.74, 6) is 0.293. The number of aliphatic hydroxyl groups excluding tert-OH is 1. The van der Waals surface area contributed by atoms with Crippen LogP contribution in [0.2, 0.25) is 5.02 Å². The molecule has 9 heteroatoms. The zero-order valence-corrected chi connectivity index (χ0v) is 13.3. The van der Waals surface area contributed by atoms with Gasteiger partial charge < -0.3 is 19.7 Å².